The third-order valence-corrected chi connectivity index (χ3v) is 3.37. The van der Waals surface area contributed by atoms with Gasteiger partial charge in [-0.25, -0.2) is 0 Å². The number of aryl methyl sites for hydroxylation is 1. The van der Waals surface area contributed by atoms with Gasteiger partial charge in [0.25, 0.3) is 0 Å². The predicted molar refractivity (Wildman–Crippen MR) is 68.1 cm³/mol. The molecule has 0 saturated carbocycles. The molecule has 0 aliphatic heterocycles. The highest BCUT2D eigenvalue weighted by molar-refractivity contribution is 9.10. The second-order valence-electron chi connectivity index (χ2n) is 3.86. The quantitative estimate of drug-likeness (QED) is 0.837. The average molecular weight is 307 g/mol. The topological polar surface area (TPSA) is 63.3 Å². The van der Waals surface area contributed by atoms with Crippen LogP contribution in [-0.4, -0.2) is 17.1 Å². The van der Waals surface area contributed by atoms with E-state index in [0.29, 0.717) is 0 Å². The fourth-order valence-electron chi connectivity index (χ4n) is 2.13. The van der Waals surface area contributed by atoms with E-state index in [1.165, 1.54) is 0 Å². The van der Waals surface area contributed by atoms with E-state index in [1.807, 2.05) is 18.2 Å². The largest absolute Gasteiger partial charge is 0.481 e. The first-order valence-corrected chi connectivity index (χ1v) is 5.65. The maximum atomic E-state index is 11.1. The minimum absolute atomic E-state index is 0. The molecule has 0 bridgehead atoms. The van der Waals surface area contributed by atoms with E-state index in [0.717, 1.165) is 28.4 Å². The van der Waals surface area contributed by atoms with Gasteiger partial charge in [0.1, 0.15) is 0 Å². The lowest BCUT2D eigenvalue weighted by Gasteiger charge is -2.28. The van der Waals surface area contributed by atoms with Crippen molar-refractivity contribution in [1.82, 2.24) is 0 Å². The number of aliphatic carboxylic acids is 1. The Balaban J connectivity index is 0.00000128. The van der Waals surface area contributed by atoms with Crippen molar-refractivity contribution in [3.05, 3.63) is 33.8 Å². The molecule has 0 spiro atoms. The monoisotopic (exact) mass is 305 g/mol. The van der Waals surface area contributed by atoms with E-state index >= 15 is 0 Å². The number of hydrogen-bond acceptors (Lipinski definition) is 2. The van der Waals surface area contributed by atoms with Crippen LogP contribution < -0.4 is 5.73 Å². The number of carboxylic acid groups (broad SMARTS) is 1. The maximum Gasteiger partial charge on any atom is 0.312 e. The number of benzene rings is 1. The number of fused-ring (bicyclic) bond motifs is 1. The van der Waals surface area contributed by atoms with E-state index < -0.39 is 11.9 Å². The predicted octanol–water partition coefficient (Wildman–Crippen LogP) is 2.31. The Morgan fingerprint density at radius 1 is 1.50 bits per heavy atom. The van der Waals surface area contributed by atoms with E-state index in [9.17, 15) is 4.79 Å². The Bertz CT molecular complexity index is 411. The molecule has 0 aromatic heterocycles. The maximum absolute atomic E-state index is 11.1. The highest BCUT2D eigenvalue weighted by atomic mass is 79.9. The molecule has 0 saturated heterocycles. The van der Waals surface area contributed by atoms with Crippen LogP contribution in [0.25, 0.3) is 0 Å². The molecule has 1 aromatic rings. The summed E-state index contributed by atoms with van der Waals surface area (Å²) in [6.45, 7) is 0. The molecule has 0 amide bonds. The van der Waals surface area contributed by atoms with Gasteiger partial charge in [-0.1, -0.05) is 22.0 Å². The van der Waals surface area contributed by atoms with Gasteiger partial charge in [0, 0.05) is 10.5 Å². The molecule has 2 unspecified atom stereocenters. The second kappa shape index (κ2) is 5.17. The van der Waals surface area contributed by atoms with Crippen LogP contribution in [0.4, 0.5) is 0 Å². The van der Waals surface area contributed by atoms with Gasteiger partial charge >= 0.3 is 5.97 Å². The number of rotatable bonds is 1. The molecule has 0 radical (unpaired) electrons. The molecular weight excluding hydrogens is 293 g/mol. The molecule has 3 N–H and O–H groups in total. The normalized spacial score (nSPS) is 23.1. The Kier molecular flexibility index (Phi) is 4.35. The number of carbonyl (C=O) groups is 1. The van der Waals surface area contributed by atoms with E-state index in [-0.39, 0.29) is 18.4 Å². The summed E-state index contributed by atoms with van der Waals surface area (Å²) in [5.41, 5.74) is 7.80. The highest BCUT2D eigenvalue weighted by Crippen LogP contribution is 2.32. The molecule has 0 heterocycles. The summed E-state index contributed by atoms with van der Waals surface area (Å²) in [5, 5.41) is 9.13. The number of nitrogens with two attached hydrogens (primary N) is 1. The van der Waals surface area contributed by atoms with Crippen molar-refractivity contribution in [2.24, 2.45) is 5.73 Å². The standard InChI is InChI=1S/C11H12BrNO2.ClH/c12-7-2-3-8-6(5-7)1-4-9(13)10(8)11(14)15;/h2-3,5,9-10H,1,4,13H2,(H,14,15);1H. The zero-order valence-corrected chi connectivity index (χ0v) is 10.9. The molecule has 2 atom stereocenters. The molecule has 3 nitrogen and oxygen atoms in total. The SMILES string of the molecule is Cl.NC1CCc2cc(Br)ccc2C1C(=O)O. The zero-order valence-electron chi connectivity index (χ0n) is 8.52. The van der Waals surface area contributed by atoms with Gasteiger partial charge in [0.15, 0.2) is 0 Å². The average Bonchev–Trinajstić information content (AvgIpc) is 2.17. The third kappa shape index (κ3) is 2.39. The van der Waals surface area contributed by atoms with Crippen molar-refractivity contribution in [2.75, 3.05) is 0 Å². The van der Waals surface area contributed by atoms with E-state index in [1.54, 1.807) is 0 Å². The smallest absolute Gasteiger partial charge is 0.312 e. The van der Waals surface area contributed by atoms with Crippen LogP contribution >= 0.6 is 28.3 Å². The summed E-state index contributed by atoms with van der Waals surface area (Å²) in [7, 11) is 0. The van der Waals surface area contributed by atoms with Crippen LogP contribution in [0.5, 0.6) is 0 Å². The second-order valence-corrected chi connectivity index (χ2v) is 4.78. The Labute approximate surface area is 109 Å². The summed E-state index contributed by atoms with van der Waals surface area (Å²) in [5.74, 6) is -1.38. The number of halogens is 2. The van der Waals surface area contributed by atoms with Gasteiger partial charge in [-0.3, -0.25) is 4.79 Å². The molecule has 16 heavy (non-hydrogen) atoms. The zero-order chi connectivity index (χ0) is 11.0. The van der Waals surface area contributed by atoms with Gasteiger partial charge in [-0.2, -0.15) is 0 Å². The van der Waals surface area contributed by atoms with Gasteiger partial charge < -0.3 is 10.8 Å². The Morgan fingerprint density at radius 3 is 2.81 bits per heavy atom. The van der Waals surface area contributed by atoms with Crippen LogP contribution in [0.1, 0.15) is 23.5 Å². The molecule has 1 aliphatic carbocycles. The molecule has 88 valence electrons. The fraction of sp³-hybridized carbons (Fsp3) is 0.364. The molecule has 1 aromatic carbocycles. The minimum Gasteiger partial charge on any atom is -0.481 e. The lowest BCUT2D eigenvalue weighted by molar-refractivity contribution is -0.139. The molecular formula is C11H13BrClNO2. The highest BCUT2D eigenvalue weighted by Gasteiger charge is 2.32. The van der Waals surface area contributed by atoms with Gasteiger partial charge in [0.05, 0.1) is 5.92 Å². The van der Waals surface area contributed by atoms with Crippen LogP contribution in [0.3, 0.4) is 0 Å². The van der Waals surface area contributed by atoms with Crippen molar-refractivity contribution in [1.29, 1.82) is 0 Å². The van der Waals surface area contributed by atoms with Crippen LogP contribution in [0.2, 0.25) is 0 Å². The van der Waals surface area contributed by atoms with Crippen molar-refractivity contribution in [3.63, 3.8) is 0 Å². The summed E-state index contributed by atoms with van der Waals surface area (Å²) < 4.78 is 0.987. The number of carboxylic acids is 1. The van der Waals surface area contributed by atoms with Crippen LogP contribution in [0, 0.1) is 0 Å². The Morgan fingerprint density at radius 2 is 2.19 bits per heavy atom. The van der Waals surface area contributed by atoms with Crippen LogP contribution in [-0.2, 0) is 11.2 Å². The van der Waals surface area contributed by atoms with E-state index in [2.05, 4.69) is 15.9 Å². The van der Waals surface area contributed by atoms with Gasteiger partial charge in [-0.05, 0) is 36.1 Å². The van der Waals surface area contributed by atoms with Crippen molar-refractivity contribution < 1.29 is 9.90 Å². The summed E-state index contributed by atoms with van der Waals surface area (Å²) in [4.78, 5) is 11.1. The van der Waals surface area contributed by atoms with Crippen LogP contribution in [0.15, 0.2) is 22.7 Å². The number of hydrogen-bond donors (Lipinski definition) is 2. The van der Waals surface area contributed by atoms with Crippen molar-refractivity contribution in [2.45, 2.75) is 24.8 Å². The molecule has 2 rings (SSSR count). The lowest BCUT2D eigenvalue weighted by Crippen LogP contribution is -2.37. The molecule has 5 heteroatoms. The summed E-state index contributed by atoms with van der Waals surface area (Å²) in [6.07, 6.45) is 1.60. The summed E-state index contributed by atoms with van der Waals surface area (Å²) in [6, 6.07) is 5.44. The van der Waals surface area contributed by atoms with E-state index in [4.69, 9.17) is 10.8 Å². The minimum atomic E-state index is -0.828. The summed E-state index contributed by atoms with van der Waals surface area (Å²) >= 11 is 3.38. The molecule has 0 fully saturated rings. The first-order valence-electron chi connectivity index (χ1n) is 4.86. The molecule has 1 aliphatic rings. The van der Waals surface area contributed by atoms with Crippen molar-refractivity contribution in [3.8, 4) is 0 Å². The first kappa shape index (κ1) is 13.5. The fourth-order valence-corrected chi connectivity index (χ4v) is 2.54. The van der Waals surface area contributed by atoms with Gasteiger partial charge in [-0.15, -0.1) is 12.4 Å². The van der Waals surface area contributed by atoms with Gasteiger partial charge in [0.2, 0.25) is 0 Å². The third-order valence-electron chi connectivity index (χ3n) is 2.88. The first-order chi connectivity index (χ1) is 7.09. The lowest BCUT2D eigenvalue weighted by atomic mass is 9.80. The van der Waals surface area contributed by atoms with Crippen molar-refractivity contribution >= 4 is 34.3 Å². The Hall–Kier alpha value is -0.580.